The highest BCUT2D eigenvalue weighted by molar-refractivity contribution is 7.49. The first-order valence-electron chi connectivity index (χ1n) is 4.77. The largest absolute Gasteiger partial charge is 0.130 e. The summed E-state index contributed by atoms with van der Waals surface area (Å²) in [5.74, 6) is 0. The maximum absolute atomic E-state index is 2.93. The van der Waals surface area contributed by atoms with Crippen molar-refractivity contribution in [2.75, 3.05) is 6.66 Å². The van der Waals surface area contributed by atoms with Crippen LogP contribution in [0.2, 0.25) is 0 Å². The number of benzene rings is 1. The minimum Gasteiger partial charge on any atom is -0.130 e. The van der Waals surface area contributed by atoms with Gasteiger partial charge in [0.1, 0.15) is 0 Å². The van der Waals surface area contributed by atoms with E-state index in [0.717, 1.165) is 20.4 Å². The SMILES string of the molecule is CCc1cccc(CC(P)PC)c1. The van der Waals surface area contributed by atoms with E-state index in [1.54, 1.807) is 0 Å². The van der Waals surface area contributed by atoms with Crippen LogP contribution in [0.3, 0.4) is 0 Å². The molecule has 3 atom stereocenters. The number of hydrogen-bond acceptors (Lipinski definition) is 0. The van der Waals surface area contributed by atoms with E-state index in [1.165, 1.54) is 17.5 Å². The highest BCUT2D eigenvalue weighted by Crippen LogP contribution is 2.24. The molecular weight excluding hydrogens is 194 g/mol. The smallest absolute Gasteiger partial charge is 0.00519 e. The van der Waals surface area contributed by atoms with Gasteiger partial charge in [-0.25, -0.2) is 0 Å². The van der Waals surface area contributed by atoms with Crippen LogP contribution in [0.5, 0.6) is 0 Å². The van der Waals surface area contributed by atoms with Crippen molar-refractivity contribution in [3.05, 3.63) is 35.4 Å². The Morgan fingerprint density at radius 3 is 2.69 bits per heavy atom. The normalized spacial score (nSPS) is 13.8. The van der Waals surface area contributed by atoms with Crippen molar-refractivity contribution < 1.29 is 0 Å². The fourth-order valence-corrected chi connectivity index (χ4v) is 2.04. The minimum atomic E-state index is 0.757. The van der Waals surface area contributed by atoms with Crippen LogP contribution in [0.1, 0.15) is 18.1 Å². The maximum atomic E-state index is 2.93. The average molecular weight is 212 g/mol. The van der Waals surface area contributed by atoms with E-state index < -0.39 is 0 Å². The summed E-state index contributed by atoms with van der Waals surface area (Å²) in [7, 11) is 3.94. The molecule has 0 aromatic heterocycles. The molecule has 0 nitrogen and oxygen atoms in total. The molecule has 0 N–H and O–H groups in total. The van der Waals surface area contributed by atoms with E-state index in [2.05, 4.69) is 47.1 Å². The molecule has 2 heteroatoms. The zero-order valence-electron chi connectivity index (χ0n) is 8.38. The summed E-state index contributed by atoms with van der Waals surface area (Å²) in [5, 5.41) is 0.757. The van der Waals surface area contributed by atoms with Gasteiger partial charge in [-0.05, 0) is 36.0 Å². The van der Waals surface area contributed by atoms with Crippen molar-refractivity contribution >= 4 is 17.8 Å². The third-order valence-electron chi connectivity index (χ3n) is 2.23. The zero-order chi connectivity index (χ0) is 9.68. The Kier molecular flexibility index (Phi) is 4.92. The van der Waals surface area contributed by atoms with Gasteiger partial charge in [0.05, 0.1) is 0 Å². The maximum Gasteiger partial charge on any atom is -0.00519 e. The minimum absolute atomic E-state index is 0.757. The highest BCUT2D eigenvalue weighted by atomic mass is 31.1. The molecule has 0 radical (unpaired) electrons. The summed E-state index contributed by atoms with van der Waals surface area (Å²) < 4.78 is 0. The molecule has 0 aliphatic carbocycles. The molecule has 0 amide bonds. The molecule has 13 heavy (non-hydrogen) atoms. The van der Waals surface area contributed by atoms with Gasteiger partial charge in [0.15, 0.2) is 0 Å². The summed E-state index contributed by atoms with van der Waals surface area (Å²) in [4.78, 5) is 0. The molecule has 0 saturated carbocycles. The Bertz CT molecular complexity index is 258. The third-order valence-corrected chi connectivity index (χ3v) is 4.41. The van der Waals surface area contributed by atoms with Crippen LogP contribution in [0.25, 0.3) is 0 Å². The number of hydrogen-bond donors (Lipinski definition) is 0. The second-order valence-electron chi connectivity index (χ2n) is 3.27. The predicted molar refractivity (Wildman–Crippen MR) is 67.3 cm³/mol. The van der Waals surface area contributed by atoms with Crippen LogP contribution < -0.4 is 0 Å². The quantitative estimate of drug-likeness (QED) is 0.672. The topological polar surface area (TPSA) is 0 Å². The molecule has 72 valence electrons. The Balaban J connectivity index is 2.66. The van der Waals surface area contributed by atoms with Crippen LogP contribution in [0, 0.1) is 0 Å². The van der Waals surface area contributed by atoms with Gasteiger partial charge in [-0.15, -0.1) is 17.8 Å². The Hall–Kier alpha value is 0.0800. The first-order valence-corrected chi connectivity index (χ1v) is 7.01. The monoisotopic (exact) mass is 212 g/mol. The predicted octanol–water partition coefficient (Wildman–Crippen LogP) is 3.30. The van der Waals surface area contributed by atoms with Crippen LogP contribution in [-0.2, 0) is 12.8 Å². The molecule has 1 rings (SSSR count). The first-order chi connectivity index (χ1) is 6.26. The molecule has 0 aliphatic rings. The molecular formula is C11H18P2. The van der Waals surface area contributed by atoms with Gasteiger partial charge in [-0.3, -0.25) is 0 Å². The van der Waals surface area contributed by atoms with Crippen molar-refractivity contribution in [1.29, 1.82) is 0 Å². The second-order valence-corrected chi connectivity index (χ2v) is 6.06. The van der Waals surface area contributed by atoms with Crippen molar-refractivity contribution in [3.8, 4) is 0 Å². The molecule has 0 spiro atoms. The fraction of sp³-hybridized carbons (Fsp3) is 0.455. The first kappa shape index (κ1) is 11.2. The van der Waals surface area contributed by atoms with Crippen molar-refractivity contribution in [2.45, 2.75) is 25.2 Å². The van der Waals surface area contributed by atoms with E-state index in [-0.39, 0.29) is 0 Å². The number of rotatable bonds is 4. The van der Waals surface area contributed by atoms with Crippen LogP contribution in [-0.4, -0.2) is 12.1 Å². The summed E-state index contributed by atoms with van der Waals surface area (Å²) in [5.41, 5.74) is 2.93. The lowest BCUT2D eigenvalue weighted by Gasteiger charge is -2.09. The standard InChI is InChI=1S/C11H18P2/c1-3-9-5-4-6-10(7-9)8-11(12)13-2/h4-7,11,13H,3,8,12H2,1-2H3. The van der Waals surface area contributed by atoms with E-state index in [0.29, 0.717) is 0 Å². The lowest BCUT2D eigenvalue weighted by molar-refractivity contribution is 1.07. The molecule has 0 saturated heterocycles. The summed E-state index contributed by atoms with van der Waals surface area (Å²) in [6.07, 6.45) is 2.34. The summed E-state index contributed by atoms with van der Waals surface area (Å²) in [6.45, 7) is 4.47. The van der Waals surface area contributed by atoms with E-state index >= 15 is 0 Å². The van der Waals surface area contributed by atoms with Gasteiger partial charge in [-0.2, -0.15) is 0 Å². The Labute approximate surface area is 85.5 Å². The van der Waals surface area contributed by atoms with Crippen LogP contribution >= 0.6 is 17.8 Å². The average Bonchev–Trinajstić information content (AvgIpc) is 2.18. The molecule has 0 aliphatic heterocycles. The molecule has 0 bridgehead atoms. The van der Waals surface area contributed by atoms with E-state index in [9.17, 15) is 0 Å². The van der Waals surface area contributed by atoms with Gasteiger partial charge in [0, 0.05) is 0 Å². The third kappa shape index (κ3) is 3.75. The Morgan fingerprint density at radius 2 is 2.08 bits per heavy atom. The molecule has 1 aromatic rings. The lowest BCUT2D eigenvalue weighted by Crippen LogP contribution is -1.95. The highest BCUT2D eigenvalue weighted by Gasteiger charge is 2.00. The van der Waals surface area contributed by atoms with E-state index in [1.807, 2.05) is 0 Å². The van der Waals surface area contributed by atoms with Crippen LogP contribution in [0.15, 0.2) is 24.3 Å². The molecule has 1 aromatic carbocycles. The lowest BCUT2D eigenvalue weighted by atomic mass is 10.1. The number of aryl methyl sites for hydroxylation is 1. The van der Waals surface area contributed by atoms with Crippen molar-refractivity contribution in [2.24, 2.45) is 0 Å². The van der Waals surface area contributed by atoms with Gasteiger partial charge in [0.2, 0.25) is 0 Å². The second kappa shape index (κ2) is 5.74. The van der Waals surface area contributed by atoms with Gasteiger partial charge in [0.25, 0.3) is 0 Å². The van der Waals surface area contributed by atoms with Gasteiger partial charge in [-0.1, -0.05) is 31.2 Å². The summed E-state index contributed by atoms with van der Waals surface area (Å²) >= 11 is 0. The Morgan fingerprint density at radius 1 is 1.38 bits per heavy atom. The van der Waals surface area contributed by atoms with E-state index in [4.69, 9.17) is 0 Å². The molecule has 0 fully saturated rings. The van der Waals surface area contributed by atoms with Crippen LogP contribution in [0.4, 0.5) is 0 Å². The van der Waals surface area contributed by atoms with Gasteiger partial charge < -0.3 is 0 Å². The van der Waals surface area contributed by atoms with Gasteiger partial charge >= 0.3 is 0 Å². The van der Waals surface area contributed by atoms with Crippen molar-refractivity contribution in [1.82, 2.24) is 0 Å². The zero-order valence-corrected chi connectivity index (χ0v) is 10.5. The fourth-order valence-electron chi connectivity index (χ4n) is 1.33. The molecule has 3 unspecified atom stereocenters. The molecule has 0 heterocycles. The summed E-state index contributed by atoms with van der Waals surface area (Å²) in [6, 6.07) is 8.94. The van der Waals surface area contributed by atoms with Crippen molar-refractivity contribution in [3.63, 3.8) is 0 Å².